The number of hydrogen-bond donors (Lipinski definition) is 0. The Morgan fingerprint density at radius 2 is 1.94 bits per heavy atom. The van der Waals surface area contributed by atoms with E-state index in [0.717, 1.165) is 17.4 Å². The summed E-state index contributed by atoms with van der Waals surface area (Å²) in [7, 11) is 0. The van der Waals surface area contributed by atoms with Crippen LogP contribution < -0.4 is 0 Å². The highest BCUT2D eigenvalue weighted by molar-refractivity contribution is 5.63. The summed E-state index contributed by atoms with van der Waals surface area (Å²) >= 11 is 0. The van der Waals surface area contributed by atoms with Gasteiger partial charge in [0, 0.05) is 5.92 Å². The Morgan fingerprint density at radius 1 is 1.17 bits per heavy atom. The number of aldehydes is 1. The molecule has 0 spiro atoms. The van der Waals surface area contributed by atoms with Crippen molar-refractivity contribution in [3.63, 3.8) is 0 Å². The van der Waals surface area contributed by atoms with Gasteiger partial charge in [-0.05, 0) is 30.5 Å². The van der Waals surface area contributed by atoms with Crippen molar-refractivity contribution in [1.29, 1.82) is 0 Å². The fourth-order valence-corrected chi connectivity index (χ4v) is 2.10. The third-order valence-corrected chi connectivity index (χ3v) is 3.01. The monoisotopic (exact) mass is 242 g/mol. The van der Waals surface area contributed by atoms with E-state index in [1.54, 1.807) is 18.2 Å². The Morgan fingerprint density at radius 3 is 2.61 bits per heavy atom. The summed E-state index contributed by atoms with van der Waals surface area (Å²) < 4.78 is 13.6. The molecule has 2 rings (SSSR count). The summed E-state index contributed by atoms with van der Waals surface area (Å²) in [4.78, 5) is 11.2. The molecule has 0 aliphatic carbocycles. The van der Waals surface area contributed by atoms with Crippen LogP contribution in [0.5, 0.6) is 0 Å². The maximum Gasteiger partial charge on any atom is 0.127 e. The second-order valence-electron chi connectivity index (χ2n) is 4.46. The van der Waals surface area contributed by atoms with E-state index in [0.29, 0.717) is 12.0 Å². The SMILES string of the molecule is Cc1cccc(CC(C=O)c2ccccc2F)c1. The maximum absolute atomic E-state index is 13.6. The van der Waals surface area contributed by atoms with Gasteiger partial charge in [-0.1, -0.05) is 48.0 Å². The van der Waals surface area contributed by atoms with Crippen molar-refractivity contribution >= 4 is 6.29 Å². The molecule has 0 bridgehead atoms. The topological polar surface area (TPSA) is 17.1 Å². The number of hydrogen-bond acceptors (Lipinski definition) is 1. The van der Waals surface area contributed by atoms with Crippen LogP contribution in [0.4, 0.5) is 4.39 Å². The van der Waals surface area contributed by atoms with Gasteiger partial charge in [-0.15, -0.1) is 0 Å². The van der Waals surface area contributed by atoms with E-state index in [1.807, 2.05) is 31.2 Å². The Kier molecular flexibility index (Phi) is 3.88. The van der Waals surface area contributed by atoms with Gasteiger partial charge in [0.2, 0.25) is 0 Å². The fraction of sp³-hybridized carbons (Fsp3) is 0.188. The lowest BCUT2D eigenvalue weighted by atomic mass is 9.92. The van der Waals surface area contributed by atoms with Gasteiger partial charge >= 0.3 is 0 Å². The number of carbonyl (C=O) groups is 1. The van der Waals surface area contributed by atoms with Crippen molar-refractivity contribution in [2.75, 3.05) is 0 Å². The van der Waals surface area contributed by atoms with Gasteiger partial charge in [0.25, 0.3) is 0 Å². The van der Waals surface area contributed by atoms with Gasteiger partial charge in [0.15, 0.2) is 0 Å². The predicted octanol–water partition coefficient (Wildman–Crippen LogP) is 3.66. The van der Waals surface area contributed by atoms with Crippen LogP contribution in [0.1, 0.15) is 22.6 Å². The molecule has 0 N–H and O–H groups in total. The minimum Gasteiger partial charge on any atom is -0.303 e. The van der Waals surface area contributed by atoms with Crippen LogP contribution in [-0.2, 0) is 11.2 Å². The van der Waals surface area contributed by atoms with Crippen molar-refractivity contribution in [3.8, 4) is 0 Å². The first-order valence-corrected chi connectivity index (χ1v) is 5.96. The fourth-order valence-electron chi connectivity index (χ4n) is 2.10. The molecule has 1 nitrogen and oxygen atoms in total. The van der Waals surface area contributed by atoms with Gasteiger partial charge in [-0.2, -0.15) is 0 Å². The van der Waals surface area contributed by atoms with E-state index in [2.05, 4.69) is 0 Å². The number of halogens is 1. The Bertz CT molecular complexity index is 548. The summed E-state index contributed by atoms with van der Waals surface area (Å²) in [5.41, 5.74) is 2.66. The third-order valence-electron chi connectivity index (χ3n) is 3.01. The van der Waals surface area contributed by atoms with E-state index in [4.69, 9.17) is 0 Å². The maximum atomic E-state index is 13.6. The van der Waals surface area contributed by atoms with Gasteiger partial charge in [-0.3, -0.25) is 0 Å². The molecule has 1 unspecified atom stereocenters. The molecular formula is C16H15FO. The lowest BCUT2D eigenvalue weighted by Gasteiger charge is -2.12. The molecule has 0 amide bonds. The standard InChI is InChI=1S/C16H15FO/c1-12-5-4-6-13(9-12)10-14(11-18)15-7-2-3-8-16(15)17/h2-9,11,14H,10H2,1H3. The molecule has 0 saturated carbocycles. The Hall–Kier alpha value is -1.96. The quantitative estimate of drug-likeness (QED) is 0.748. The molecule has 0 radical (unpaired) electrons. The van der Waals surface area contributed by atoms with Crippen molar-refractivity contribution in [2.45, 2.75) is 19.3 Å². The largest absolute Gasteiger partial charge is 0.303 e. The summed E-state index contributed by atoms with van der Waals surface area (Å²) in [5, 5.41) is 0. The molecule has 0 fully saturated rings. The second-order valence-corrected chi connectivity index (χ2v) is 4.46. The summed E-state index contributed by atoms with van der Waals surface area (Å²) in [5.74, 6) is -0.741. The van der Waals surface area contributed by atoms with Crippen LogP contribution in [0.2, 0.25) is 0 Å². The minimum absolute atomic E-state index is 0.317. The minimum atomic E-state index is -0.423. The van der Waals surface area contributed by atoms with Crippen molar-refractivity contribution in [1.82, 2.24) is 0 Å². The first kappa shape index (κ1) is 12.5. The van der Waals surface area contributed by atoms with Gasteiger partial charge in [0.1, 0.15) is 12.1 Å². The second kappa shape index (κ2) is 5.58. The zero-order valence-electron chi connectivity index (χ0n) is 10.3. The Labute approximate surface area is 106 Å². The van der Waals surface area contributed by atoms with E-state index < -0.39 is 5.92 Å². The van der Waals surface area contributed by atoms with Crippen LogP contribution >= 0.6 is 0 Å². The summed E-state index contributed by atoms with van der Waals surface area (Å²) in [6, 6.07) is 14.4. The molecule has 2 heteroatoms. The molecule has 0 aromatic heterocycles. The van der Waals surface area contributed by atoms with Crippen LogP contribution in [0, 0.1) is 12.7 Å². The van der Waals surface area contributed by atoms with E-state index in [1.165, 1.54) is 6.07 Å². The molecule has 1 atom stereocenters. The molecule has 0 heterocycles. The molecule has 18 heavy (non-hydrogen) atoms. The van der Waals surface area contributed by atoms with Crippen LogP contribution in [-0.4, -0.2) is 6.29 Å². The Balaban J connectivity index is 2.25. The smallest absolute Gasteiger partial charge is 0.127 e. The number of carbonyl (C=O) groups excluding carboxylic acids is 1. The van der Waals surface area contributed by atoms with Crippen molar-refractivity contribution < 1.29 is 9.18 Å². The highest BCUT2D eigenvalue weighted by atomic mass is 19.1. The zero-order valence-corrected chi connectivity index (χ0v) is 10.3. The highest BCUT2D eigenvalue weighted by Gasteiger charge is 2.15. The van der Waals surface area contributed by atoms with E-state index >= 15 is 0 Å². The highest BCUT2D eigenvalue weighted by Crippen LogP contribution is 2.22. The van der Waals surface area contributed by atoms with Crippen molar-refractivity contribution in [2.24, 2.45) is 0 Å². The van der Waals surface area contributed by atoms with Gasteiger partial charge in [0.05, 0.1) is 0 Å². The third kappa shape index (κ3) is 2.83. The van der Waals surface area contributed by atoms with Gasteiger partial charge in [-0.25, -0.2) is 4.39 Å². The van der Waals surface area contributed by atoms with Crippen LogP contribution in [0.3, 0.4) is 0 Å². The van der Waals surface area contributed by atoms with E-state index in [-0.39, 0.29) is 5.82 Å². The molecule has 2 aromatic rings. The van der Waals surface area contributed by atoms with Crippen LogP contribution in [0.15, 0.2) is 48.5 Å². The van der Waals surface area contributed by atoms with E-state index in [9.17, 15) is 9.18 Å². The average molecular weight is 242 g/mol. The molecule has 0 saturated heterocycles. The average Bonchev–Trinajstić information content (AvgIpc) is 2.37. The lowest BCUT2D eigenvalue weighted by molar-refractivity contribution is -0.109. The summed E-state index contributed by atoms with van der Waals surface area (Å²) in [6.45, 7) is 2.00. The molecule has 92 valence electrons. The normalized spacial score (nSPS) is 12.1. The van der Waals surface area contributed by atoms with Gasteiger partial charge < -0.3 is 4.79 Å². The molecular weight excluding hydrogens is 227 g/mol. The molecule has 0 aliphatic heterocycles. The van der Waals surface area contributed by atoms with Crippen LogP contribution in [0.25, 0.3) is 0 Å². The zero-order chi connectivity index (χ0) is 13.0. The number of rotatable bonds is 4. The lowest BCUT2D eigenvalue weighted by Crippen LogP contribution is -2.06. The van der Waals surface area contributed by atoms with Crippen molar-refractivity contribution in [3.05, 3.63) is 71.0 Å². The number of benzene rings is 2. The summed E-state index contributed by atoms with van der Waals surface area (Å²) in [6.07, 6.45) is 1.35. The molecule has 2 aromatic carbocycles. The predicted molar refractivity (Wildman–Crippen MR) is 70.1 cm³/mol. The number of aryl methyl sites for hydroxylation is 1. The first-order chi connectivity index (χ1) is 8.70. The molecule has 0 aliphatic rings. The first-order valence-electron chi connectivity index (χ1n) is 5.96.